The lowest BCUT2D eigenvalue weighted by Crippen LogP contribution is -2.44. The number of H-pyrrole nitrogens is 1. The van der Waals surface area contributed by atoms with Gasteiger partial charge in [0.05, 0.1) is 17.7 Å². The number of aromatic amines is 1. The Morgan fingerprint density at radius 1 is 1.42 bits per heavy atom. The Morgan fingerprint density at radius 3 is 2.95 bits per heavy atom. The fraction of sp³-hybridized carbons (Fsp3) is 0.385. The maximum absolute atomic E-state index is 12.5. The Balaban J connectivity index is 1.91. The molecule has 6 heteroatoms. The van der Waals surface area contributed by atoms with Crippen LogP contribution >= 0.6 is 0 Å². The van der Waals surface area contributed by atoms with E-state index in [9.17, 15) is 9.90 Å². The monoisotopic (exact) mass is 260 g/mol. The second kappa shape index (κ2) is 4.64. The molecule has 6 nitrogen and oxygen atoms in total. The van der Waals surface area contributed by atoms with Crippen molar-refractivity contribution in [3.05, 3.63) is 30.0 Å². The summed E-state index contributed by atoms with van der Waals surface area (Å²) in [4.78, 5) is 14.0. The van der Waals surface area contributed by atoms with Crippen molar-refractivity contribution in [2.24, 2.45) is 0 Å². The highest BCUT2D eigenvalue weighted by Crippen LogP contribution is 2.18. The Labute approximate surface area is 110 Å². The molecule has 0 saturated carbocycles. The van der Waals surface area contributed by atoms with E-state index in [4.69, 9.17) is 0 Å². The average molecular weight is 260 g/mol. The number of amides is 1. The van der Waals surface area contributed by atoms with Crippen LogP contribution in [0.5, 0.6) is 0 Å². The highest BCUT2D eigenvalue weighted by Gasteiger charge is 2.32. The molecule has 1 saturated heterocycles. The number of nitrogens with one attached hydrogen (secondary N) is 2. The lowest BCUT2D eigenvalue weighted by Gasteiger charge is -2.25. The van der Waals surface area contributed by atoms with Crippen LogP contribution in [0.3, 0.4) is 0 Å². The Kier molecular flexibility index (Phi) is 2.96. The molecular formula is C13H16N4O2. The van der Waals surface area contributed by atoms with Gasteiger partial charge in [0.1, 0.15) is 0 Å². The lowest BCUT2D eigenvalue weighted by atomic mass is 10.1. The number of aliphatic hydroxyl groups excluding tert-OH is 1. The molecule has 0 spiro atoms. The summed E-state index contributed by atoms with van der Waals surface area (Å²) in [7, 11) is 1.70. The SMILES string of the molecule is CN(C(=O)c1n[nH]c2ccccc12)[C@H]1CNC[C@@H]1O. The van der Waals surface area contributed by atoms with Crippen LogP contribution in [0.4, 0.5) is 0 Å². The zero-order chi connectivity index (χ0) is 13.4. The number of carbonyl (C=O) groups is 1. The normalized spacial score (nSPS) is 22.8. The molecule has 1 aromatic heterocycles. The van der Waals surface area contributed by atoms with E-state index in [2.05, 4.69) is 15.5 Å². The first-order valence-corrected chi connectivity index (χ1v) is 6.27. The van der Waals surface area contributed by atoms with Gasteiger partial charge in [-0.25, -0.2) is 0 Å². The molecule has 1 aliphatic rings. The van der Waals surface area contributed by atoms with E-state index in [0.717, 1.165) is 10.9 Å². The zero-order valence-corrected chi connectivity index (χ0v) is 10.6. The molecule has 0 bridgehead atoms. The maximum atomic E-state index is 12.5. The smallest absolute Gasteiger partial charge is 0.275 e. The van der Waals surface area contributed by atoms with Gasteiger partial charge in [0.25, 0.3) is 5.91 Å². The number of benzene rings is 1. The molecule has 0 aliphatic carbocycles. The first-order chi connectivity index (χ1) is 9.18. The summed E-state index contributed by atoms with van der Waals surface area (Å²) < 4.78 is 0. The molecule has 2 atom stereocenters. The third kappa shape index (κ3) is 1.98. The third-order valence-electron chi connectivity index (χ3n) is 3.64. The first-order valence-electron chi connectivity index (χ1n) is 6.27. The van der Waals surface area contributed by atoms with Crippen LogP contribution in [-0.2, 0) is 0 Å². The second-order valence-corrected chi connectivity index (χ2v) is 4.83. The van der Waals surface area contributed by atoms with Crippen molar-refractivity contribution in [2.45, 2.75) is 12.1 Å². The number of β-amino-alcohol motifs (C(OH)–C–C–N with tert-alkyl or cyclic N) is 1. The predicted octanol–water partition coefficient (Wildman–Crippen LogP) is -0.0324. The summed E-state index contributed by atoms with van der Waals surface area (Å²) in [5, 5.41) is 20.7. The van der Waals surface area contributed by atoms with Crippen LogP contribution < -0.4 is 5.32 Å². The van der Waals surface area contributed by atoms with Gasteiger partial charge in [-0.1, -0.05) is 18.2 Å². The Hall–Kier alpha value is -1.92. The summed E-state index contributed by atoms with van der Waals surface area (Å²) in [6, 6.07) is 7.31. The van der Waals surface area contributed by atoms with Gasteiger partial charge in [-0.3, -0.25) is 9.89 Å². The van der Waals surface area contributed by atoms with E-state index in [0.29, 0.717) is 18.8 Å². The van der Waals surface area contributed by atoms with Crippen LogP contribution in [0.25, 0.3) is 10.9 Å². The van der Waals surface area contributed by atoms with Crippen molar-refractivity contribution in [3.8, 4) is 0 Å². The standard InChI is InChI=1S/C13H16N4O2/c1-17(10-6-14-7-11(10)18)13(19)12-8-4-2-3-5-9(8)15-16-12/h2-5,10-11,14,18H,6-7H2,1H3,(H,15,16)/t10-,11-/m0/s1. The van der Waals surface area contributed by atoms with Crippen LogP contribution in [-0.4, -0.2) is 58.4 Å². The quantitative estimate of drug-likeness (QED) is 0.708. The summed E-state index contributed by atoms with van der Waals surface area (Å²) in [5.41, 5.74) is 1.24. The second-order valence-electron chi connectivity index (χ2n) is 4.83. The average Bonchev–Trinajstić information content (AvgIpc) is 3.03. The van der Waals surface area contributed by atoms with Gasteiger partial charge in [-0.05, 0) is 6.07 Å². The van der Waals surface area contributed by atoms with Crippen molar-refractivity contribution in [3.63, 3.8) is 0 Å². The Bertz CT molecular complexity index is 609. The summed E-state index contributed by atoms with van der Waals surface area (Å²) >= 11 is 0. The van der Waals surface area contributed by atoms with Gasteiger partial charge >= 0.3 is 0 Å². The van der Waals surface area contributed by atoms with Crippen LogP contribution in [0, 0.1) is 0 Å². The predicted molar refractivity (Wildman–Crippen MR) is 70.9 cm³/mol. The number of nitrogens with zero attached hydrogens (tertiary/aromatic N) is 2. The fourth-order valence-electron chi connectivity index (χ4n) is 2.49. The molecule has 3 N–H and O–H groups in total. The first kappa shape index (κ1) is 12.1. The van der Waals surface area contributed by atoms with E-state index in [1.165, 1.54) is 0 Å². The molecule has 2 aromatic rings. The van der Waals surface area contributed by atoms with E-state index >= 15 is 0 Å². The number of fused-ring (bicyclic) bond motifs is 1. The van der Waals surface area contributed by atoms with Crippen molar-refractivity contribution in [1.82, 2.24) is 20.4 Å². The van der Waals surface area contributed by atoms with Gasteiger partial charge in [0, 0.05) is 25.5 Å². The van der Waals surface area contributed by atoms with Crippen molar-refractivity contribution in [1.29, 1.82) is 0 Å². The number of hydrogen-bond donors (Lipinski definition) is 3. The van der Waals surface area contributed by atoms with E-state index in [-0.39, 0.29) is 11.9 Å². The highest BCUT2D eigenvalue weighted by molar-refractivity contribution is 6.04. The number of hydrogen-bond acceptors (Lipinski definition) is 4. The fourth-order valence-corrected chi connectivity index (χ4v) is 2.49. The molecule has 1 fully saturated rings. The largest absolute Gasteiger partial charge is 0.390 e. The minimum atomic E-state index is -0.529. The lowest BCUT2D eigenvalue weighted by molar-refractivity contribution is 0.0577. The number of aliphatic hydroxyl groups is 1. The molecule has 1 amide bonds. The summed E-state index contributed by atoms with van der Waals surface area (Å²) in [5.74, 6) is -0.176. The summed E-state index contributed by atoms with van der Waals surface area (Å²) in [6.07, 6.45) is -0.529. The molecule has 2 heterocycles. The molecule has 3 rings (SSSR count). The Morgan fingerprint density at radius 2 is 2.21 bits per heavy atom. The van der Waals surface area contributed by atoms with Gasteiger partial charge in [0.15, 0.2) is 5.69 Å². The molecular weight excluding hydrogens is 244 g/mol. The van der Waals surface area contributed by atoms with Crippen molar-refractivity contribution in [2.75, 3.05) is 20.1 Å². The van der Waals surface area contributed by atoms with Gasteiger partial charge in [-0.2, -0.15) is 5.10 Å². The number of carbonyl (C=O) groups excluding carboxylic acids is 1. The number of likely N-dealkylation sites (N-methyl/N-ethyl adjacent to an activating group) is 1. The minimum absolute atomic E-state index is 0.176. The van der Waals surface area contributed by atoms with Gasteiger partial charge in [-0.15, -0.1) is 0 Å². The van der Waals surface area contributed by atoms with E-state index in [1.54, 1.807) is 11.9 Å². The van der Waals surface area contributed by atoms with Crippen molar-refractivity contribution >= 4 is 16.8 Å². The number of rotatable bonds is 2. The van der Waals surface area contributed by atoms with Crippen LogP contribution in [0.1, 0.15) is 10.5 Å². The zero-order valence-electron chi connectivity index (χ0n) is 10.6. The van der Waals surface area contributed by atoms with Crippen molar-refractivity contribution < 1.29 is 9.90 Å². The maximum Gasteiger partial charge on any atom is 0.275 e. The van der Waals surface area contributed by atoms with Gasteiger partial charge < -0.3 is 15.3 Å². The van der Waals surface area contributed by atoms with Crippen LogP contribution in [0.15, 0.2) is 24.3 Å². The number of para-hydroxylation sites is 1. The van der Waals surface area contributed by atoms with Crippen LogP contribution in [0.2, 0.25) is 0 Å². The molecule has 100 valence electrons. The third-order valence-corrected chi connectivity index (χ3v) is 3.64. The number of aromatic nitrogens is 2. The highest BCUT2D eigenvalue weighted by atomic mass is 16.3. The molecule has 19 heavy (non-hydrogen) atoms. The molecule has 0 radical (unpaired) electrons. The van der Waals surface area contributed by atoms with E-state index in [1.807, 2.05) is 24.3 Å². The molecule has 1 aliphatic heterocycles. The summed E-state index contributed by atoms with van der Waals surface area (Å²) in [6.45, 7) is 1.12. The van der Waals surface area contributed by atoms with Gasteiger partial charge in [0.2, 0.25) is 0 Å². The topological polar surface area (TPSA) is 81.2 Å². The van der Waals surface area contributed by atoms with E-state index < -0.39 is 6.10 Å². The molecule has 1 aromatic carbocycles. The minimum Gasteiger partial charge on any atom is -0.390 e. The molecule has 0 unspecified atom stereocenters.